The van der Waals surface area contributed by atoms with Crippen molar-refractivity contribution in [2.75, 3.05) is 26.3 Å². The Hall–Kier alpha value is -3.49. The quantitative estimate of drug-likeness (QED) is 0.612. The summed E-state index contributed by atoms with van der Waals surface area (Å²) in [4.78, 5) is 26.4. The highest BCUT2D eigenvalue weighted by Gasteiger charge is 2.35. The van der Waals surface area contributed by atoms with E-state index in [9.17, 15) is 4.79 Å². The standard InChI is InChI=1S/C19H19N5O4/c1-2-26-14-3-5-15(6-4-14)27-12-17(25)24-10-13(11-24)19-22-18(23-28-19)16-9-20-7-8-21-16/h3-9,13H,2,10-12H2,1H3. The van der Waals surface area contributed by atoms with E-state index in [0.29, 0.717) is 42.9 Å². The fourth-order valence-corrected chi connectivity index (χ4v) is 2.79. The van der Waals surface area contributed by atoms with Crippen molar-refractivity contribution in [1.29, 1.82) is 0 Å². The second-order valence-electron chi connectivity index (χ2n) is 6.24. The Morgan fingerprint density at radius 1 is 1.18 bits per heavy atom. The van der Waals surface area contributed by atoms with Crippen LogP contribution in [0.4, 0.5) is 0 Å². The summed E-state index contributed by atoms with van der Waals surface area (Å²) < 4.78 is 16.2. The molecule has 4 rings (SSSR count). The van der Waals surface area contributed by atoms with Crippen LogP contribution in [0.25, 0.3) is 11.5 Å². The van der Waals surface area contributed by atoms with Crippen molar-refractivity contribution in [2.45, 2.75) is 12.8 Å². The molecule has 2 aromatic heterocycles. The van der Waals surface area contributed by atoms with Gasteiger partial charge in [-0.1, -0.05) is 5.16 Å². The van der Waals surface area contributed by atoms with E-state index in [1.54, 1.807) is 35.6 Å². The molecule has 0 spiro atoms. The molecule has 0 aliphatic carbocycles. The van der Waals surface area contributed by atoms with Gasteiger partial charge in [-0.05, 0) is 31.2 Å². The second kappa shape index (κ2) is 8.03. The lowest BCUT2D eigenvalue weighted by atomic mass is 10.0. The number of ether oxygens (including phenoxy) is 2. The molecular weight excluding hydrogens is 362 g/mol. The average Bonchev–Trinajstić information content (AvgIpc) is 3.17. The van der Waals surface area contributed by atoms with Gasteiger partial charge in [0.05, 0.1) is 18.7 Å². The first-order valence-corrected chi connectivity index (χ1v) is 8.96. The van der Waals surface area contributed by atoms with Gasteiger partial charge in [0, 0.05) is 25.5 Å². The Morgan fingerprint density at radius 3 is 2.61 bits per heavy atom. The van der Waals surface area contributed by atoms with E-state index in [0.717, 1.165) is 5.75 Å². The molecule has 9 heteroatoms. The van der Waals surface area contributed by atoms with Crippen LogP contribution >= 0.6 is 0 Å². The monoisotopic (exact) mass is 381 g/mol. The molecule has 0 saturated carbocycles. The van der Waals surface area contributed by atoms with Crippen molar-refractivity contribution in [3.05, 3.63) is 48.7 Å². The minimum atomic E-state index is -0.0844. The molecule has 1 amide bonds. The fraction of sp³-hybridized carbons (Fsp3) is 0.316. The molecule has 1 aliphatic heterocycles. The van der Waals surface area contributed by atoms with Gasteiger partial charge in [-0.25, -0.2) is 4.98 Å². The fourth-order valence-electron chi connectivity index (χ4n) is 2.79. The first-order valence-electron chi connectivity index (χ1n) is 8.96. The van der Waals surface area contributed by atoms with E-state index >= 15 is 0 Å². The molecule has 1 fully saturated rings. The van der Waals surface area contributed by atoms with Crippen LogP contribution in [0.1, 0.15) is 18.7 Å². The van der Waals surface area contributed by atoms with Crippen LogP contribution in [-0.4, -0.2) is 57.2 Å². The number of carbonyl (C=O) groups excluding carboxylic acids is 1. The largest absolute Gasteiger partial charge is 0.494 e. The number of rotatable bonds is 7. The zero-order valence-electron chi connectivity index (χ0n) is 15.3. The molecule has 1 saturated heterocycles. The van der Waals surface area contributed by atoms with E-state index in [-0.39, 0.29) is 18.4 Å². The highest BCUT2D eigenvalue weighted by Crippen LogP contribution is 2.27. The maximum atomic E-state index is 12.3. The lowest BCUT2D eigenvalue weighted by Gasteiger charge is -2.36. The number of hydrogen-bond donors (Lipinski definition) is 0. The van der Waals surface area contributed by atoms with E-state index in [1.807, 2.05) is 19.1 Å². The van der Waals surface area contributed by atoms with Gasteiger partial charge in [-0.15, -0.1) is 0 Å². The van der Waals surface area contributed by atoms with Gasteiger partial charge in [0.25, 0.3) is 5.91 Å². The minimum absolute atomic E-state index is 0.0185. The molecule has 144 valence electrons. The van der Waals surface area contributed by atoms with Crippen LogP contribution < -0.4 is 9.47 Å². The Kier molecular flexibility index (Phi) is 5.14. The Bertz CT molecular complexity index is 923. The summed E-state index contributed by atoms with van der Waals surface area (Å²) in [6.45, 7) is 3.56. The van der Waals surface area contributed by atoms with E-state index in [4.69, 9.17) is 14.0 Å². The molecule has 0 unspecified atom stereocenters. The number of likely N-dealkylation sites (tertiary alicyclic amines) is 1. The summed E-state index contributed by atoms with van der Waals surface area (Å²) in [5.74, 6) is 2.22. The van der Waals surface area contributed by atoms with Crippen molar-refractivity contribution in [1.82, 2.24) is 25.0 Å². The molecule has 1 aliphatic rings. The topological polar surface area (TPSA) is 103 Å². The summed E-state index contributed by atoms with van der Waals surface area (Å²) in [7, 11) is 0. The van der Waals surface area contributed by atoms with Crippen molar-refractivity contribution >= 4 is 5.91 Å². The van der Waals surface area contributed by atoms with Crippen LogP contribution in [0, 0.1) is 0 Å². The maximum absolute atomic E-state index is 12.3. The predicted molar refractivity (Wildman–Crippen MR) is 97.8 cm³/mol. The highest BCUT2D eigenvalue weighted by molar-refractivity contribution is 5.78. The van der Waals surface area contributed by atoms with Crippen LogP contribution in [0.3, 0.4) is 0 Å². The Balaban J connectivity index is 1.26. The predicted octanol–water partition coefficient (Wildman–Crippen LogP) is 1.93. The van der Waals surface area contributed by atoms with Crippen molar-refractivity contribution < 1.29 is 18.8 Å². The van der Waals surface area contributed by atoms with Gasteiger partial charge in [-0.2, -0.15) is 4.98 Å². The summed E-state index contributed by atoms with van der Waals surface area (Å²) in [6, 6.07) is 7.19. The van der Waals surface area contributed by atoms with Crippen molar-refractivity contribution in [2.24, 2.45) is 0 Å². The van der Waals surface area contributed by atoms with Gasteiger partial charge in [-0.3, -0.25) is 9.78 Å². The third kappa shape index (κ3) is 3.93. The van der Waals surface area contributed by atoms with Gasteiger partial charge < -0.3 is 18.9 Å². The SMILES string of the molecule is CCOc1ccc(OCC(=O)N2CC(c3nc(-c4cnccn4)no3)C2)cc1. The molecule has 0 radical (unpaired) electrons. The smallest absolute Gasteiger partial charge is 0.260 e. The van der Waals surface area contributed by atoms with Gasteiger partial charge in [0.2, 0.25) is 11.7 Å². The Morgan fingerprint density at radius 2 is 1.93 bits per heavy atom. The van der Waals surface area contributed by atoms with E-state index < -0.39 is 0 Å². The summed E-state index contributed by atoms with van der Waals surface area (Å²) in [5, 5.41) is 3.93. The summed E-state index contributed by atoms with van der Waals surface area (Å²) >= 11 is 0. The third-order valence-electron chi connectivity index (χ3n) is 4.31. The molecular formula is C19H19N5O4. The normalized spacial score (nSPS) is 13.8. The van der Waals surface area contributed by atoms with Gasteiger partial charge in [0.1, 0.15) is 17.2 Å². The summed E-state index contributed by atoms with van der Waals surface area (Å²) in [6.07, 6.45) is 4.72. The van der Waals surface area contributed by atoms with Crippen LogP contribution in [0.15, 0.2) is 47.4 Å². The van der Waals surface area contributed by atoms with E-state index in [1.165, 1.54) is 0 Å². The number of aromatic nitrogens is 4. The molecule has 28 heavy (non-hydrogen) atoms. The van der Waals surface area contributed by atoms with Gasteiger partial charge in [0.15, 0.2) is 6.61 Å². The molecule has 3 heterocycles. The van der Waals surface area contributed by atoms with Gasteiger partial charge >= 0.3 is 0 Å². The molecule has 1 aromatic carbocycles. The van der Waals surface area contributed by atoms with Crippen molar-refractivity contribution in [3.63, 3.8) is 0 Å². The van der Waals surface area contributed by atoms with Crippen LogP contribution in [0.5, 0.6) is 11.5 Å². The van der Waals surface area contributed by atoms with Crippen LogP contribution in [0.2, 0.25) is 0 Å². The number of amides is 1. The zero-order chi connectivity index (χ0) is 19.3. The minimum Gasteiger partial charge on any atom is -0.494 e. The number of hydrogen-bond acceptors (Lipinski definition) is 8. The molecule has 0 N–H and O–H groups in total. The highest BCUT2D eigenvalue weighted by atomic mass is 16.5. The molecule has 9 nitrogen and oxygen atoms in total. The lowest BCUT2D eigenvalue weighted by Crippen LogP contribution is -2.50. The second-order valence-corrected chi connectivity index (χ2v) is 6.24. The molecule has 0 bridgehead atoms. The first-order chi connectivity index (χ1) is 13.7. The lowest BCUT2D eigenvalue weighted by molar-refractivity contribution is -0.138. The Labute approximate surface area is 161 Å². The molecule has 0 atom stereocenters. The molecule has 3 aromatic rings. The summed E-state index contributed by atoms with van der Waals surface area (Å²) in [5.41, 5.74) is 0.550. The van der Waals surface area contributed by atoms with Crippen LogP contribution in [-0.2, 0) is 4.79 Å². The number of nitrogens with zero attached hydrogens (tertiary/aromatic N) is 5. The van der Waals surface area contributed by atoms with E-state index in [2.05, 4.69) is 20.1 Å². The maximum Gasteiger partial charge on any atom is 0.260 e. The number of benzene rings is 1. The average molecular weight is 381 g/mol. The van der Waals surface area contributed by atoms with Crippen molar-refractivity contribution in [3.8, 4) is 23.0 Å². The number of carbonyl (C=O) groups is 1. The third-order valence-corrected chi connectivity index (χ3v) is 4.31. The zero-order valence-corrected chi connectivity index (χ0v) is 15.3. The first kappa shape index (κ1) is 17.9.